The summed E-state index contributed by atoms with van der Waals surface area (Å²) in [6, 6.07) is 12.4. The van der Waals surface area contributed by atoms with Crippen LogP contribution in [0.2, 0.25) is 0 Å². The van der Waals surface area contributed by atoms with Crippen molar-refractivity contribution in [1.82, 2.24) is 10.3 Å². The molecule has 174 valence electrons. The molecule has 2 aliphatic heterocycles. The fraction of sp³-hybridized carbons (Fsp3) is 0.440. The van der Waals surface area contributed by atoms with Crippen LogP contribution in [-0.2, 0) is 22.4 Å². The number of pyridine rings is 1. The van der Waals surface area contributed by atoms with Crippen LogP contribution in [0.4, 0.5) is 16.4 Å². The third kappa shape index (κ3) is 3.64. The number of nitriles is 1. The molecule has 34 heavy (non-hydrogen) atoms. The third-order valence-corrected chi connectivity index (χ3v) is 7.39. The fourth-order valence-corrected chi connectivity index (χ4v) is 5.68. The van der Waals surface area contributed by atoms with Crippen molar-refractivity contribution in [2.45, 2.75) is 56.2 Å². The largest absolute Gasteiger partial charge is 0.480 e. The lowest BCUT2D eigenvalue weighted by Crippen LogP contribution is -2.47. The minimum absolute atomic E-state index is 0.0372. The first-order chi connectivity index (χ1) is 16.5. The normalized spacial score (nSPS) is 27.4. The first-order valence-corrected chi connectivity index (χ1v) is 11.7. The molecule has 4 aliphatic rings. The van der Waals surface area contributed by atoms with Gasteiger partial charge in [0.2, 0.25) is 0 Å². The van der Waals surface area contributed by atoms with E-state index >= 15 is 0 Å². The third-order valence-electron chi connectivity index (χ3n) is 7.39. The number of carbonyl (C=O) groups excluding carboxylic acids is 2. The quantitative estimate of drug-likeness (QED) is 0.725. The number of hydrogen-bond acceptors (Lipinski definition) is 7. The number of ether oxygens (including phenoxy) is 2. The Morgan fingerprint density at radius 3 is 2.82 bits per heavy atom. The highest BCUT2D eigenvalue weighted by molar-refractivity contribution is 5.95. The summed E-state index contributed by atoms with van der Waals surface area (Å²) in [5.41, 5.74) is 2.71. The molecule has 1 aromatic heterocycles. The van der Waals surface area contributed by atoms with Gasteiger partial charge < -0.3 is 20.1 Å². The van der Waals surface area contributed by atoms with Crippen LogP contribution in [0.3, 0.4) is 0 Å². The van der Waals surface area contributed by atoms with Crippen molar-refractivity contribution in [2.24, 2.45) is 0 Å². The Balaban J connectivity index is 1.08. The second-order valence-corrected chi connectivity index (χ2v) is 9.59. The predicted octanol–water partition coefficient (Wildman–Crippen LogP) is 2.68. The molecule has 9 heteroatoms. The van der Waals surface area contributed by atoms with E-state index in [-0.39, 0.29) is 12.5 Å². The van der Waals surface area contributed by atoms with Crippen LogP contribution in [0.15, 0.2) is 30.3 Å². The van der Waals surface area contributed by atoms with Crippen molar-refractivity contribution in [3.8, 4) is 11.8 Å². The number of nitrogens with one attached hydrogen (secondary N) is 2. The van der Waals surface area contributed by atoms with E-state index < -0.39 is 11.7 Å². The number of hydrogen-bond donors (Lipinski definition) is 2. The van der Waals surface area contributed by atoms with Crippen LogP contribution in [0.5, 0.6) is 5.75 Å². The van der Waals surface area contributed by atoms with E-state index in [9.17, 15) is 14.9 Å². The van der Waals surface area contributed by atoms with Gasteiger partial charge in [0, 0.05) is 12.1 Å². The number of carbonyl (C=O) groups is 2. The highest BCUT2D eigenvalue weighted by atomic mass is 16.6. The topological polar surface area (TPSA) is 117 Å². The Morgan fingerprint density at radius 1 is 1.15 bits per heavy atom. The van der Waals surface area contributed by atoms with Crippen LogP contribution < -0.4 is 20.3 Å². The highest BCUT2D eigenvalue weighted by Crippen LogP contribution is 2.40. The Kier molecular flexibility index (Phi) is 4.92. The fourth-order valence-electron chi connectivity index (χ4n) is 5.68. The van der Waals surface area contributed by atoms with Crippen molar-refractivity contribution in [1.29, 1.82) is 5.26 Å². The van der Waals surface area contributed by atoms with Gasteiger partial charge in [0.05, 0.1) is 18.2 Å². The number of benzene rings is 1. The lowest BCUT2D eigenvalue weighted by Gasteiger charge is -2.36. The molecule has 1 atom stereocenters. The smallest absolute Gasteiger partial charge is 0.416 e. The molecule has 0 bridgehead atoms. The number of anilines is 2. The Hall–Kier alpha value is -3.64. The number of aromatic nitrogens is 1. The number of fused-ring (bicyclic) bond motifs is 2. The first kappa shape index (κ1) is 20.9. The highest BCUT2D eigenvalue weighted by Gasteiger charge is 2.48. The maximum atomic E-state index is 12.7. The molecule has 1 spiro atoms. The molecule has 0 radical (unpaired) electrons. The molecule has 6 rings (SSSR count). The summed E-state index contributed by atoms with van der Waals surface area (Å²) in [6.45, 7) is 0.407. The molecule has 1 saturated carbocycles. The van der Waals surface area contributed by atoms with Crippen molar-refractivity contribution in [3.63, 3.8) is 0 Å². The monoisotopic (exact) mass is 459 g/mol. The van der Waals surface area contributed by atoms with Crippen molar-refractivity contribution >= 4 is 23.6 Å². The van der Waals surface area contributed by atoms with Gasteiger partial charge >= 0.3 is 6.09 Å². The van der Waals surface area contributed by atoms with Gasteiger partial charge in [0.25, 0.3) is 5.91 Å². The van der Waals surface area contributed by atoms with Crippen LogP contribution in [0.25, 0.3) is 0 Å². The molecule has 2 amide bonds. The van der Waals surface area contributed by atoms with Gasteiger partial charge in [-0.1, -0.05) is 12.1 Å². The standard InChI is InChI=1S/C25H25N5O4/c26-12-16-3-1-2-15-10-18(11-19(15)16)27-17-6-8-25(9-7-17)14-30(24(32)34-25)21-5-4-20-23(28-21)29-22(31)13-33-20/h1-5,17-18,27H,6-11,13-14H2,(H,28,29,31). The van der Waals surface area contributed by atoms with Gasteiger partial charge in [0.1, 0.15) is 11.4 Å². The lowest BCUT2D eigenvalue weighted by molar-refractivity contribution is -0.118. The second kappa shape index (κ2) is 7.99. The zero-order valence-corrected chi connectivity index (χ0v) is 18.7. The van der Waals surface area contributed by atoms with Crippen LogP contribution in [0.1, 0.15) is 42.4 Å². The van der Waals surface area contributed by atoms with E-state index in [1.807, 2.05) is 12.1 Å². The average molecular weight is 460 g/mol. The molecule has 2 N–H and O–H groups in total. The van der Waals surface area contributed by atoms with Gasteiger partial charge in [-0.25, -0.2) is 9.78 Å². The van der Waals surface area contributed by atoms with Gasteiger partial charge in [0.15, 0.2) is 18.2 Å². The number of nitrogens with zero attached hydrogens (tertiary/aromatic N) is 3. The summed E-state index contributed by atoms with van der Waals surface area (Å²) < 4.78 is 11.2. The molecule has 1 unspecified atom stereocenters. The number of amides is 2. The predicted molar refractivity (Wildman–Crippen MR) is 123 cm³/mol. The Morgan fingerprint density at radius 2 is 2.00 bits per heavy atom. The molecule has 3 heterocycles. The minimum Gasteiger partial charge on any atom is -0.480 e. The van der Waals surface area contributed by atoms with E-state index in [2.05, 4.69) is 27.8 Å². The van der Waals surface area contributed by atoms with E-state index in [0.717, 1.165) is 44.1 Å². The molecule has 2 aromatic rings. The van der Waals surface area contributed by atoms with E-state index in [4.69, 9.17) is 9.47 Å². The summed E-state index contributed by atoms with van der Waals surface area (Å²) in [5, 5.41) is 15.8. The summed E-state index contributed by atoms with van der Waals surface area (Å²) >= 11 is 0. The zero-order valence-electron chi connectivity index (χ0n) is 18.7. The first-order valence-electron chi connectivity index (χ1n) is 11.7. The van der Waals surface area contributed by atoms with Crippen molar-refractivity contribution in [3.05, 3.63) is 47.0 Å². The Bertz CT molecular complexity index is 1210. The van der Waals surface area contributed by atoms with Crippen LogP contribution in [0, 0.1) is 11.3 Å². The summed E-state index contributed by atoms with van der Waals surface area (Å²) in [4.78, 5) is 30.3. The molecule has 1 aromatic carbocycles. The number of rotatable bonds is 3. The Labute approximate surface area is 197 Å². The molecule has 1 saturated heterocycles. The van der Waals surface area contributed by atoms with Gasteiger partial charge in [-0.2, -0.15) is 5.26 Å². The molecule has 9 nitrogen and oxygen atoms in total. The van der Waals surface area contributed by atoms with Gasteiger partial charge in [-0.15, -0.1) is 0 Å². The molecule has 2 fully saturated rings. The molecule has 2 aliphatic carbocycles. The maximum absolute atomic E-state index is 12.7. The second-order valence-electron chi connectivity index (χ2n) is 9.59. The lowest BCUT2D eigenvalue weighted by atomic mass is 9.81. The van der Waals surface area contributed by atoms with E-state index in [0.29, 0.717) is 36.0 Å². The van der Waals surface area contributed by atoms with Gasteiger partial charge in [-0.3, -0.25) is 9.69 Å². The van der Waals surface area contributed by atoms with Crippen LogP contribution in [-0.4, -0.2) is 47.8 Å². The SMILES string of the molecule is N#Cc1cccc2c1CC(NC1CCC3(CC1)CN(c1ccc4c(n1)NC(=O)CO4)C(=O)O3)C2. The summed E-state index contributed by atoms with van der Waals surface area (Å²) in [6.07, 6.45) is 4.81. The molecular formula is C25H25N5O4. The summed E-state index contributed by atoms with van der Waals surface area (Å²) in [7, 11) is 0. The average Bonchev–Trinajstić information content (AvgIpc) is 3.40. The van der Waals surface area contributed by atoms with Crippen molar-refractivity contribution < 1.29 is 19.1 Å². The van der Waals surface area contributed by atoms with Gasteiger partial charge in [-0.05, 0) is 67.9 Å². The minimum atomic E-state index is -0.515. The van der Waals surface area contributed by atoms with E-state index in [1.54, 1.807) is 17.0 Å². The van der Waals surface area contributed by atoms with E-state index in [1.165, 1.54) is 11.1 Å². The molecular weight excluding hydrogens is 434 g/mol. The maximum Gasteiger partial charge on any atom is 0.416 e. The zero-order chi connectivity index (χ0) is 23.3. The summed E-state index contributed by atoms with van der Waals surface area (Å²) in [5.74, 6) is 1.00. The van der Waals surface area contributed by atoms with Crippen molar-refractivity contribution in [2.75, 3.05) is 23.4 Å². The van der Waals surface area contributed by atoms with Crippen LogP contribution >= 0.6 is 0 Å².